The molecule has 2 aromatic heterocycles. The van der Waals surface area contributed by atoms with Crippen LogP contribution in [0.5, 0.6) is 0 Å². The van der Waals surface area contributed by atoms with Crippen LogP contribution in [0, 0.1) is 0 Å². The van der Waals surface area contributed by atoms with Gasteiger partial charge in [0.2, 0.25) is 0 Å². The largest absolute Gasteiger partial charge is 0.382 e. The Hall–Kier alpha value is -1.88. The first-order chi connectivity index (χ1) is 8.16. The lowest BCUT2D eigenvalue weighted by Gasteiger charge is -2.11. The first kappa shape index (κ1) is 11.6. The monoisotopic (exact) mass is 231 g/mol. The summed E-state index contributed by atoms with van der Waals surface area (Å²) in [7, 11) is 4.07. The number of nitrogens with two attached hydrogens (primary N) is 1. The van der Waals surface area contributed by atoms with Crippen LogP contribution in [0.25, 0.3) is 11.4 Å². The van der Waals surface area contributed by atoms with Gasteiger partial charge in [0.05, 0.1) is 17.9 Å². The molecule has 0 fully saturated rings. The van der Waals surface area contributed by atoms with Crippen LogP contribution >= 0.6 is 0 Å². The minimum atomic E-state index is 0.532. The van der Waals surface area contributed by atoms with E-state index in [1.807, 2.05) is 43.0 Å². The maximum absolute atomic E-state index is 5.75. The lowest BCUT2D eigenvalue weighted by atomic mass is 10.2. The summed E-state index contributed by atoms with van der Waals surface area (Å²) in [4.78, 5) is 6.43. The second-order valence-electron chi connectivity index (χ2n) is 4.20. The minimum absolute atomic E-state index is 0.532. The Kier molecular flexibility index (Phi) is 3.39. The Morgan fingerprint density at radius 2 is 2.18 bits per heavy atom. The van der Waals surface area contributed by atoms with Gasteiger partial charge in [-0.2, -0.15) is 5.10 Å². The van der Waals surface area contributed by atoms with Gasteiger partial charge < -0.3 is 10.6 Å². The third-order valence-corrected chi connectivity index (χ3v) is 2.49. The van der Waals surface area contributed by atoms with Crippen molar-refractivity contribution in [3.8, 4) is 11.4 Å². The summed E-state index contributed by atoms with van der Waals surface area (Å²) in [5.74, 6) is 0.532. The van der Waals surface area contributed by atoms with E-state index < -0.39 is 0 Å². The highest BCUT2D eigenvalue weighted by Gasteiger charge is 2.09. The summed E-state index contributed by atoms with van der Waals surface area (Å²) in [6.07, 6.45) is 1.77. The number of anilines is 1. The smallest absolute Gasteiger partial charge is 0.146 e. The van der Waals surface area contributed by atoms with E-state index in [0.29, 0.717) is 5.82 Å². The van der Waals surface area contributed by atoms with Crippen LogP contribution in [0.3, 0.4) is 0 Å². The Morgan fingerprint density at radius 3 is 2.82 bits per heavy atom. The predicted octanol–water partition coefficient (Wildman–Crippen LogP) is 1.09. The van der Waals surface area contributed by atoms with Gasteiger partial charge >= 0.3 is 0 Å². The van der Waals surface area contributed by atoms with Crippen molar-refractivity contribution in [1.29, 1.82) is 0 Å². The van der Waals surface area contributed by atoms with Crippen molar-refractivity contribution in [3.05, 3.63) is 30.5 Å². The van der Waals surface area contributed by atoms with Crippen LogP contribution in [0.1, 0.15) is 0 Å². The third kappa shape index (κ3) is 2.82. The van der Waals surface area contributed by atoms with E-state index in [2.05, 4.69) is 15.0 Å². The zero-order valence-electron chi connectivity index (χ0n) is 10.2. The molecule has 0 bridgehead atoms. The second-order valence-corrected chi connectivity index (χ2v) is 4.20. The van der Waals surface area contributed by atoms with Crippen LogP contribution in [0.4, 0.5) is 5.82 Å². The van der Waals surface area contributed by atoms with Gasteiger partial charge in [-0.1, -0.05) is 6.07 Å². The number of aromatic nitrogens is 3. The molecule has 0 saturated heterocycles. The molecule has 0 aliphatic rings. The molecule has 0 unspecified atom stereocenters. The molecule has 2 aromatic rings. The maximum Gasteiger partial charge on any atom is 0.146 e. The SMILES string of the molecule is CN(C)CCn1nc(N)cc1-c1ccccn1. The van der Waals surface area contributed by atoms with Crippen molar-refractivity contribution in [2.45, 2.75) is 6.54 Å². The third-order valence-electron chi connectivity index (χ3n) is 2.49. The normalized spacial score (nSPS) is 11.0. The predicted molar refractivity (Wildman–Crippen MR) is 68.4 cm³/mol. The van der Waals surface area contributed by atoms with Crippen molar-refractivity contribution in [2.75, 3.05) is 26.4 Å². The van der Waals surface area contributed by atoms with E-state index in [-0.39, 0.29) is 0 Å². The van der Waals surface area contributed by atoms with Crippen LogP contribution < -0.4 is 5.73 Å². The molecule has 0 aliphatic heterocycles. The first-order valence-corrected chi connectivity index (χ1v) is 5.56. The Balaban J connectivity index is 2.28. The van der Waals surface area contributed by atoms with Gasteiger partial charge in [0.15, 0.2) is 0 Å². The lowest BCUT2D eigenvalue weighted by molar-refractivity contribution is 0.375. The number of pyridine rings is 1. The first-order valence-electron chi connectivity index (χ1n) is 5.56. The molecule has 0 radical (unpaired) electrons. The summed E-state index contributed by atoms with van der Waals surface area (Å²) in [6, 6.07) is 7.68. The Labute approximate surface area is 101 Å². The topological polar surface area (TPSA) is 60.0 Å². The van der Waals surface area contributed by atoms with E-state index >= 15 is 0 Å². The lowest BCUT2D eigenvalue weighted by Crippen LogP contribution is -2.19. The zero-order chi connectivity index (χ0) is 12.3. The number of likely N-dealkylation sites (N-methyl/N-ethyl adjacent to an activating group) is 1. The van der Waals surface area contributed by atoms with Crippen molar-refractivity contribution in [2.24, 2.45) is 0 Å². The molecule has 0 saturated carbocycles. The summed E-state index contributed by atoms with van der Waals surface area (Å²) >= 11 is 0. The molecule has 5 nitrogen and oxygen atoms in total. The van der Waals surface area contributed by atoms with E-state index in [1.165, 1.54) is 0 Å². The summed E-state index contributed by atoms with van der Waals surface area (Å²) in [5.41, 5.74) is 7.61. The van der Waals surface area contributed by atoms with E-state index in [1.54, 1.807) is 6.20 Å². The Bertz CT molecular complexity index is 475. The molecule has 2 heterocycles. The number of rotatable bonds is 4. The second kappa shape index (κ2) is 4.97. The quantitative estimate of drug-likeness (QED) is 0.855. The molecule has 0 atom stereocenters. The molecule has 0 amide bonds. The molecule has 0 aliphatic carbocycles. The molecule has 2 N–H and O–H groups in total. The molecular formula is C12H17N5. The van der Waals surface area contributed by atoms with E-state index in [0.717, 1.165) is 24.5 Å². The molecule has 0 spiro atoms. The molecule has 2 rings (SSSR count). The minimum Gasteiger partial charge on any atom is -0.382 e. The average Bonchev–Trinajstić information content (AvgIpc) is 2.69. The molecule has 0 aromatic carbocycles. The number of nitrogens with zero attached hydrogens (tertiary/aromatic N) is 4. The number of hydrogen-bond acceptors (Lipinski definition) is 4. The van der Waals surface area contributed by atoms with Crippen LogP contribution in [-0.2, 0) is 6.54 Å². The van der Waals surface area contributed by atoms with Crippen molar-refractivity contribution in [1.82, 2.24) is 19.7 Å². The fourth-order valence-corrected chi connectivity index (χ4v) is 1.62. The van der Waals surface area contributed by atoms with Gasteiger partial charge in [0, 0.05) is 18.8 Å². The van der Waals surface area contributed by atoms with Gasteiger partial charge in [-0.05, 0) is 26.2 Å². The fraction of sp³-hybridized carbons (Fsp3) is 0.333. The van der Waals surface area contributed by atoms with Crippen LogP contribution in [0.15, 0.2) is 30.5 Å². The van der Waals surface area contributed by atoms with Crippen LogP contribution in [-0.4, -0.2) is 40.3 Å². The summed E-state index contributed by atoms with van der Waals surface area (Å²) < 4.78 is 1.90. The maximum atomic E-state index is 5.75. The van der Waals surface area contributed by atoms with Gasteiger partial charge in [-0.3, -0.25) is 9.67 Å². The van der Waals surface area contributed by atoms with E-state index in [4.69, 9.17) is 5.73 Å². The van der Waals surface area contributed by atoms with E-state index in [9.17, 15) is 0 Å². The van der Waals surface area contributed by atoms with Crippen LogP contribution in [0.2, 0.25) is 0 Å². The molecule has 17 heavy (non-hydrogen) atoms. The highest BCUT2D eigenvalue weighted by molar-refractivity contribution is 5.58. The average molecular weight is 231 g/mol. The van der Waals surface area contributed by atoms with Gasteiger partial charge in [0.25, 0.3) is 0 Å². The summed E-state index contributed by atoms with van der Waals surface area (Å²) in [5, 5.41) is 4.29. The summed E-state index contributed by atoms with van der Waals surface area (Å²) in [6.45, 7) is 1.72. The van der Waals surface area contributed by atoms with Gasteiger partial charge in [0.1, 0.15) is 5.82 Å². The number of nitrogen functional groups attached to an aromatic ring is 1. The van der Waals surface area contributed by atoms with Crippen molar-refractivity contribution >= 4 is 5.82 Å². The molecular weight excluding hydrogens is 214 g/mol. The highest BCUT2D eigenvalue weighted by Crippen LogP contribution is 2.18. The van der Waals surface area contributed by atoms with Gasteiger partial charge in [-0.15, -0.1) is 0 Å². The fourth-order valence-electron chi connectivity index (χ4n) is 1.62. The van der Waals surface area contributed by atoms with Crippen molar-refractivity contribution in [3.63, 3.8) is 0 Å². The standard InChI is InChI=1S/C12H17N5/c1-16(2)7-8-17-11(9-12(13)15-17)10-5-3-4-6-14-10/h3-6,9H,7-8H2,1-2H3,(H2,13,15). The number of hydrogen-bond donors (Lipinski definition) is 1. The molecule has 90 valence electrons. The van der Waals surface area contributed by atoms with Crippen molar-refractivity contribution < 1.29 is 0 Å². The molecule has 5 heteroatoms. The Morgan fingerprint density at radius 1 is 1.35 bits per heavy atom. The highest BCUT2D eigenvalue weighted by atomic mass is 15.3. The zero-order valence-corrected chi connectivity index (χ0v) is 10.2. The van der Waals surface area contributed by atoms with Gasteiger partial charge in [-0.25, -0.2) is 0 Å².